The Bertz CT molecular complexity index is 970. The monoisotopic (exact) mass is 412 g/mol. The van der Waals surface area contributed by atoms with Crippen LogP contribution in [0.2, 0.25) is 0 Å². The molecule has 0 saturated heterocycles. The van der Waals surface area contributed by atoms with E-state index in [1.165, 1.54) is 0 Å². The van der Waals surface area contributed by atoms with Crippen LogP contribution in [0.3, 0.4) is 0 Å². The quantitative estimate of drug-likeness (QED) is 0.655. The number of carboxylic acid groups (broad SMARTS) is 1. The van der Waals surface area contributed by atoms with Crippen molar-refractivity contribution in [1.29, 1.82) is 0 Å². The number of hydrogen-bond donors (Lipinski definition) is 3. The molecule has 2 aliphatic carbocycles. The van der Waals surface area contributed by atoms with Gasteiger partial charge in [-0.15, -0.1) is 0 Å². The van der Waals surface area contributed by atoms with Crippen molar-refractivity contribution >= 4 is 11.9 Å². The molecule has 1 amide bonds. The maximum absolute atomic E-state index is 12.5. The molecular weight excluding hydrogens is 380 g/mol. The van der Waals surface area contributed by atoms with Gasteiger partial charge in [-0.3, -0.25) is 4.79 Å². The molecule has 2 aliphatic heterocycles. The van der Waals surface area contributed by atoms with Gasteiger partial charge >= 0.3 is 5.97 Å². The highest BCUT2D eigenvalue weighted by atomic mass is 16.5. The summed E-state index contributed by atoms with van der Waals surface area (Å²) in [6, 6.07) is 1.75. The number of rotatable bonds is 1. The Morgan fingerprint density at radius 2 is 2.00 bits per heavy atom. The van der Waals surface area contributed by atoms with Gasteiger partial charge in [-0.2, -0.15) is 0 Å². The van der Waals surface area contributed by atoms with Crippen molar-refractivity contribution in [2.24, 2.45) is 28.4 Å². The van der Waals surface area contributed by atoms with Gasteiger partial charge in [0.25, 0.3) is 5.91 Å². The van der Waals surface area contributed by atoms with E-state index in [1.54, 1.807) is 6.07 Å². The predicted molar refractivity (Wildman–Crippen MR) is 113 cm³/mol. The van der Waals surface area contributed by atoms with Crippen molar-refractivity contribution in [1.82, 2.24) is 5.32 Å². The van der Waals surface area contributed by atoms with Gasteiger partial charge in [0.15, 0.2) is 0 Å². The van der Waals surface area contributed by atoms with Gasteiger partial charge in [0.05, 0.1) is 11.1 Å². The Morgan fingerprint density at radius 3 is 2.70 bits per heavy atom. The molecule has 1 aromatic carbocycles. The number of nitrogens with two attached hydrogens (primary N) is 1. The molecule has 0 unspecified atom stereocenters. The summed E-state index contributed by atoms with van der Waals surface area (Å²) in [5.41, 5.74) is 8.12. The highest BCUT2D eigenvalue weighted by Crippen LogP contribution is 2.66. The van der Waals surface area contributed by atoms with Crippen molar-refractivity contribution in [2.75, 3.05) is 0 Å². The van der Waals surface area contributed by atoms with Crippen molar-refractivity contribution < 1.29 is 19.4 Å². The average molecular weight is 413 g/mol. The lowest BCUT2D eigenvalue weighted by Crippen LogP contribution is -2.70. The highest BCUT2D eigenvalue weighted by Gasteiger charge is 2.67. The van der Waals surface area contributed by atoms with E-state index in [0.29, 0.717) is 23.9 Å². The van der Waals surface area contributed by atoms with Gasteiger partial charge < -0.3 is 20.9 Å². The Kier molecular flexibility index (Phi) is 3.97. The van der Waals surface area contributed by atoms with Gasteiger partial charge in [0.2, 0.25) is 0 Å². The third-order valence-electron chi connectivity index (χ3n) is 8.98. The topological polar surface area (TPSA) is 102 Å². The van der Waals surface area contributed by atoms with E-state index in [9.17, 15) is 14.7 Å². The van der Waals surface area contributed by atoms with Gasteiger partial charge in [-0.25, -0.2) is 4.79 Å². The predicted octanol–water partition coefficient (Wildman–Crippen LogP) is 3.50. The molecule has 1 aromatic rings. The van der Waals surface area contributed by atoms with Gasteiger partial charge in [0, 0.05) is 35.9 Å². The molecule has 0 radical (unpaired) electrons. The zero-order valence-corrected chi connectivity index (χ0v) is 18.3. The Hall–Kier alpha value is -2.08. The minimum Gasteiger partial charge on any atom is -0.486 e. The van der Waals surface area contributed by atoms with Crippen LogP contribution in [0.5, 0.6) is 5.75 Å². The maximum atomic E-state index is 12.5. The second-order valence-corrected chi connectivity index (χ2v) is 11.0. The van der Waals surface area contributed by atoms with Gasteiger partial charge in [0.1, 0.15) is 11.4 Å². The standard InChI is InChI=1S/C24H32N2O4/c1-12-5-6-17-22(2,3)9-14(25)10-24(17)23(12,4)8-13-7-15(21(28)29)18-16(19(13)30-24)11-26-20(18)27/h7,12,14,17H,5-6,8-11,25H2,1-4H3,(H,26,27)(H,28,29)/t12-,14+,17-,23+,24-/m0/s1. The lowest BCUT2D eigenvalue weighted by Gasteiger charge is -2.67. The molecule has 4 aliphatic rings. The van der Waals surface area contributed by atoms with Gasteiger partial charge in [-0.05, 0) is 48.6 Å². The van der Waals surface area contributed by atoms with E-state index in [-0.39, 0.29) is 33.9 Å². The molecule has 162 valence electrons. The molecule has 0 bridgehead atoms. The summed E-state index contributed by atoms with van der Waals surface area (Å²) in [7, 11) is 0. The van der Waals surface area contributed by atoms with Crippen LogP contribution in [-0.4, -0.2) is 28.6 Å². The van der Waals surface area contributed by atoms with E-state index in [4.69, 9.17) is 10.5 Å². The summed E-state index contributed by atoms with van der Waals surface area (Å²) in [5.74, 6) is 0.152. The number of ether oxygens (including phenoxy) is 1. The zero-order chi connectivity index (χ0) is 21.6. The first kappa shape index (κ1) is 19.9. The molecule has 0 aromatic heterocycles. The average Bonchev–Trinajstić information content (AvgIpc) is 3.01. The summed E-state index contributed by atoms with van der Waals surface area (Å²) in [5, 5.41) is 12.6. The Morgan fingerprint density at radius 1 is 1.27 bits per heavy atom. The highest BCUT2D eigenvalue weighted by molar-refractivity contribution is 6.08. The fourth-order valence-corrected chi connectivity index (χ4v) is 7.49. The number of hydrogen-bond acceptors (Lipinski definition) is 4. The molecular formula is C24H32N2O4. The number of amides is 1. The summed E-state index contributed by atoms with van der Waals surface area (Å²) in [6.07, 6.45) is 4.79. The second-order valence-electron chi connectivity index (χ2n) is 11.0. The van der Waals surface area contributed by atoms with E-state index in [1.807, 2.05) is 0 Å². The fraction of sp³-hybridized carbons (Fsp3) is 0.667. The molecule has 5 atom stereocenters. The number of carbonyl (C=O) groups is 2. The number of carbonyl (C=O) groups excluding carboxylic acids is 1. The zero-order valence-electron chi connectivity index (χ0n) is 18.3. The number of benzene rings is 1. The van der Waals surface area contributed by atoms with Crippen LogP contribution in [0.1, 0.15) is 85.2 Å². The normalized spacial score (nSPS) is 38.4. The molecule has 5 rings (SSSR count). The number of aromatic carboxylic acids is 1. The lowest BCUT2D eigenvalue weighted by atomic mass is 9.43. The molecule has 30 heavy (non-hydrogen) atoms. The van der Waals surface area contributed by atoms with E-state index in [2.05, 4.69) is 33.0 Å². The molecule has 2 saturated carbocycles. The van der Waals surface area contributed by atoms with Gasteiger partial charge in [-0.1, -0.05) is 27.7 Å². The molecule has 4 N–H and O–H groups in total. The SMILES string of the molecule is C[C@H]1CC[C@H]2C(C)(C)C[C@@H](N)C[C@]23Oc2c(cc(C(=O)O)c4c2CNC4=O)C[C@]13C. The number of fused-ring (bicyclic) bond motifs is 3. The Labute approximate surface area is 177 Å². The van der Waals surface area contributed by atoms with E-state index < -0.39 is 11.6 Å². The van der Waals surface area contributed by atoms with Crippen molar-refractivity contribution in [3.8, 4) is 5.75 Å². The van der Waals surface area contributed by atoms with E-state index in [0.717, 1.165) is 43.4 Å². The van der Waals surface area contributed by atoms with Crippen LogP contribution in [-0.2, 0) is 13.0 Å². The molecule has 2 fully saturated rings. The largest absolute Gasteiger partial charge is 0.486 e. The summed E-state index contributed by atoms with van der Waals surface area (Å²) < 4.78 is 7.07. The van der Waals surface area contributed by atoms with Crippen LogP contribution in [0, 0.1) is 22.7 Å². The van der Waals surface area contributed by atoms with Crippen molar-refractivity contribution in [3.63, 3.8) is 0 Å². The first-order valence-electron chi connectivity index (χ1n) is 11.1. The summed E-state index contributed by atoms with van der Waals surface area (Å²) in [6.45, 7) is 9.57. The lowest BCUT2D eigenvalue weighted by molar-refractivity contribution is -0.213. The molecule has 1 spiro atoms. The molecule has 6 nitrogen and oxygen atoms in total. The van der Waals surface area contributed by atoms with E-state index >= 15 is 0 Å². The van der Waals surface area contributed by atoms with Crippen LogP contribution in [0.25, 0.3) is 0 Å². The van der Waals surface area contributed by atoms with Crippen molar-refractivity contribution in [3.05, 3.63) is 28.3 Å². The molecule has 2 heterocycles. The second kappa shape index (κ2) is 6.00. The van der Waals surface area contributed by atoms with Crippen LogP contribution in [0.4, 0.5) is 0 Å². The van der Waals surface area contributed by atoms with Crippen LogP contribution >= 0.6 is 0 Å². The first-order valence-corrected chi connectivity index (χ1v) is 11.1. The first-order chi connectivity index (χ1) is 14.0. The summed E-state index contributed by atoms with van der Waals surface area (Å²) in [4.78, 5) is 24.4. The molecule has 6 heteroatoms. The smallest absolute Gasteiger partial charge is 0.336 e. The minimum absolute atomic E-state index is 0.0634. The minimum atomic E-state index is -1.06. The van der Waals surface area contributed by atoms with Crippen molar-refractivity contribution in [2.45, 2.75) is 78.0 Å². The third-order valence-corrected chi connectivity index (χ3v) is 8.98. The maximum Gasteiger partial charge on any atom is 0.336 e. The third kappa shape index (κ3) is 2.34. The Balaban J connectivity index is 1.75. The van der Waals surface area contributed by atoms with Crippen LogP contribution in [0.15, 0.2) is 6.07 Å². The number of carboxylic acids is 1. The number of nitrogens with one attached hydrogen (secondary N) is 1. The van der Waals surface area contributed by atoms with Crippen LogP contribution < -0.4 is 15.8 Å². The fourth-order valence-electron chi connectivity index (χ4n) is 7.49. The summed E-state index contributed by atoms with van der Waals surface area (Å²) >= 11 is 0.